The molecule has 0 spiro atoms. The largest absolute Gasteiger partial charge is 0.494 e. The van der Waals surface area contributed by atoms with E-state index < -0.39 is 6.09 Å². The van der Waals surface area contributed by atoms with Crippen LogP contribution in [0.2, 0.25) is 0 Å². The highest BCUT2D eigenvalue weighted by Gasteiger charge is 2.20. The lowest BCUT2D eigenvalue weighted by Crippen LogP contribution is -2.37. The van der Waals surface area contributed by atoms with Gasteiger partial charge in [0.1, 0.15) is 5.75 Å². The van der Waals surface area contributed by atoms with Crippen molar-refractivity contribution in [1.82, 2.24) is 0 Å². The highest BCUT2D eigenvalue weighted by atomic mass is 16.5. The number of nitrogens with one attached hydrogen (secondary N) is 1. The summed E-state index contributed by atoms with van der Waals surface area (Å²) in [6.45, 7) is 5.77. The predicted molar refractivity (Wildman–Crippen MR) is 92.3 cm³/mol. The Kier molecular flexibility index (Phi) is 7.14. The van der Waals surface area contributed by atoms with Crippen LogP contribution in [0.4, 0.5) is 16.2 Å². The van der Waals surface area contributed by atoms with Crippen LogP contribution in [0.5, 0.6) is 5.75 Å². The highest BCUT2D eigenvalue weighted by molar-refractivity contribution is 5.86. The summed E-state index contributed by atoms with van der Waals surface area (Å²) in [5.41, 5.74) is 1.47. The van der Waals surface area contributed by atoms with E-state index in [1.165, 1.54) is 7.11 Å². The van der Waals surface area contributed by atoms with E-state index in [2.05, 4.69) is 10.2 Å². The summed E-state index contributed by atoms with van der Waals surface area (Å²) in [5, 5.41) is 11.2. The van der Waals surface area contributed by atoms with Gasteiger partial charge in [-0.15, -0.1) is 0 Å². The number of ether oxygens (including phenoxy) is 3. The second-order valence-corrected chi connectivity index (χ2v) is 5.57. The van der Waals surface area contributed by atoms with Gasteiger partial charge in [0.25, 0.3) is 0 Å². The number of nitrogens with zero attached hydrogens (tertiary/aromatic N) is 1. The molecule has 1 fully saturated rings. The van der Waals surface area contributed by atoms with E-state index in [9.17, 15) is 4.79 Å². The number of carbonyl (C=O) groups is 1. The maximum atomic E-state index is 10.8. The third kappa shape index (κ3) is 5.28. The van der Waals surface area contributed by atoms with Crippen LogP contribution >= 0.6 is 0 Å². The molecule has 0 radical (unpaired) electrons. The zero-order valence-electron chi connectivity index (χ0n) is 14.3. The van der Waals surface area contributed by atoms with Gasteiger partial charge in [0.2, 0.25) is 0 Å². The molecule has 1 saturated heterocycles. The molecule has 0 aliphatic carbocycles. The van der Waals surface area contributed by atoms with E-state index in [-0.39, 0.29) is 6.10 Å². The van der Waals surface area contributed by atoms with Crippen molar-refractivity contribution in [3.8, 4) is 5.75 Å². The van der Waals surface area contributed by atoms with Crippen molar-refractivity contribution in [2.45, 2.75) is 25.9 Å². The maximum absolute atomic E-state index is 10.8. The van der Waals surface area contributed by atoms with Gasteiger partial charge in [-0.2, -0.15) is 0 Å². The summed E-state index contributed by atoms with van der Waals surface area (Å²) in [6, 6.07) is 5.50. The standard InChI is InChI=1S/C17H26N2O5/c1-3-23-10-11-24-14-6-8-19(9-7-14)13-4-5-15(18-17(20)21)16(12-13)22-2/h4-5,12,14,18H,3,6-11H2,1-2H3,(H,20,21). The molecule has 0 atom stereocenters. The van der Waals surface area contributed by atoms with Gasteiger partial charge in [0, 0.05) is 31.5 Å². The first-order valence-corrected chi connectivity index (χ1v) is 8.26. The number of carboxylic acid groups (broad SMARTS) is 1. The average molecular weight is 338 g/mol. The van der Waals surface area contributed by atoms with Crippen molar-refractivity contribution in [3.63, 3.8) is 0 Å². The number of rotatable bonds is 8. The highest BCUT2D eigenvalue weighted by Crippen LogP contribution is 2.31. The summed E-state index contributed by atoms with van der Waals surface area (Å²) in [6.07, 6.45) is 1.09. The van der Waals surface area contributed by atoms with E-state index in [1.54, 1.807) is 6.07 Å². The van der Waals surface area contributed by atoms with Crippen LogP contribution in [0.1, 0.15) is 19.8 Å². The van der Waals surface area contributed by atoms with Crippen molar-refractivity contribution in [1.29, 1.82) is 0 Å². The molecule has 2 rings (SSSR count). The topological polar surface area (TPSA) is 80.3 Å². The summed E-state index contributed by atoms with van der Waals surface area (Å²) >= 11 is 0. The Bertz CT molecular complexity index is 530. The fourth-order valence-electron chi connectivity index (χ4n) is 2.79. The Morgan fingerprint density at radius 2 is 2.08 bits per heavy atom. The smallest absolute Gasteiger partial charge is 0.409 e. The molecule has 134 valence electrons. The van der Waals surface area contributed by atoms with Crippen molar-refractivity contribution in [2.75, 3.05) is 50.2 Å². The molecular formula is C17H26N2O5. The Balaban J connectivity index is 1.88. The second kappa shape index (κ2) is 9.34. The molecular weight excluding hydrogens is 312 g/mol. The summed E-state index contributed by atoms with van der Waals surface area (Å²) < 4.78 is 16.4. The molecule has 0 unspecified atom stereocenters. The minimum Gasteiger partial charge on any atom is -0.494 e. The molecule has 24 heavy (non-hydrogen) atoms. The quantitative estimate of drug-likeness (QED) is 0.710. The first-order valence-electron chi connectivity index (χ1n) is 8.26. The lowest BCUT2D eigenvalue weighted by atomic mass is 10.1. The molecule has 1 aromatic rings. The van der Waals surface area contributed by atoms with Gasteiger partial charge in [-0.25, -0.2) is 4.79 Å². The minimum absolute atomic E-state index is 0.275. The number of hydrogen-bond donors (Lipinski definition) is 2. The monoisotopic (exact) mass is 338 g/mol. The summed E-state index contributed by atoms with van der Waals surface area (Å²) in [7, 11) is 1.53. The number of methoxy groups -OCH3 is 1. The van der Waals surface area contributed by atoms with E-state index in [4.69, 9.17) is 19.3 Å². The van der Waals surface area contributed by atoms with Gasteiger partial charge in [-0.05, 0) is 31.9 Å². The van der Waals surface area contributed by atoms with Crippen LogP contribution in [-0.2, 0) is 9.47 Å². The van der Waals surface area contributed by atoms with Gasteiger partial charge in [-0.1, -0.05) is 0 Å². The first-order chi connectivity index (χ1) is 11.6. The number of piperidine rings is 1. The van der Waals surface area contributed by atoms with Gasteiger partial charge in [0.15, 0.2) is 0 Å². The normalized spacial score (nSPS) is 15.3. The summed E-state index contributed by atoms with van der Waals surface area (Å²) in [4.78, 5) is 13.0. The molecule has 7 nitrogen and oxygen atoms in total. The van der Waals surface area contributed by atoms with Crippen LogP contribution in [0.25, 0.3) is 0 Å². The van der Waals surface area contributed by atoms with Crippen molar-refractivity contribution < 1.29 is 24.1 Å². The second-order valence-electron chi connectivity index (χ2n) is 5.57. The van der Waals surface area contributed by atoms with Crippen molar-refractivity contribution in [2.24, 2.45) is 0 Å². The Morgan fingerprint density at radius 3 is 2.71 bits per heavy atom. The van der Waals surface area contributed by atoms with E-state index in [1.807, 2.05) is 19.1 Å². The molecule has 2 N–H and O–H groups in total. The number of benzene rings is 1. The Labute approximate surface area is 142 Å². The zero-order chi connectivity index (χ0) is 17.4. The molecule has 1 amide bonds. The predicted octanol–water partition coefficient (Wildman–Crippen LogP) is 2.81. The van der Waals surface area contributed by atoms with E-state index in [0.717, 1.165) is 38.2 Å². The molecule has 1 heterocycles. The van der Waals surface area contributed by atoms with E-state index in [0.29, 0.717) is 24.7 Å². The molecule has 1 aliphatic rings. The summed E-state index contributed by atoms with van der Waals surface area (Å²) in [5.74, 6) is 0.519. The molecule has 0 saturated carbocycles. The molecule has 1 aromatic carbocycles. The SMILES string of the molecule is CCOCCOC1CCN(c2ccc(NC(=O)O)c(OC)c2)CC1. The van der Waals surface area contributed by atoms with Gasteiger partial charge in [0.05, 0.1) is 32.1 Å². The van der Waals surface area contributed by atoms with Crippen molar-refractivity contribution >= 4 is 17.5 Å². The third-order valence-electron chi connectivity index (χ3n) is 4.02. The van der Waals surface area contributed by atoms with Gasteiger partial charge >= 0.3 is 6.09 Å². The number of anilines is 2. The lowest BCUT2D eigenvalue weighted by molar-refractivity contribution is -0.00230. The fraction of sp³-hybridized carbons (Fsp3) is 0.588. The fourth-order valence-corrected chi connectivity index (χ4v) is 2.79. The Morgan fingerprint density at radius 1 is 1.33 bits per heavy atom. The first kappa shape index (κ1) is 18.4. The van der Waals surface area contributed by atoms with Crippen LogP contribution in [0, 0.1) is 0 Å². The third-order valence-corrected chi connectivity index (χ3v) is 4.02. The van der Waals surface area contributed by atoms with Crippen LogP contribution in [0.3, 0.4) is 0 Å². The van der Waals surface area contributed by atoms with Crippen LogP contribution in [-0.4, -0.2) is 57.3 Å². The number of hydrogen-bond acceptors (Lipinski definition) is 5. The van der Waals surface area contributed by atoms with Gasteiger partial charge in [-0.3, -0.25) is 5.32 Å². The van der Waals surface area contributed by atoms with Gasteiger partial charge < -0.3 is 24.2 Å². The molecule has 0 aromatic heterocycles. The minimum atomic E-state index is -1.11. The van der Waals surface area contributed by atoms with Crippen molar-refractivity contribution in [3.05, 3.63) is 18.2 Å². The molecule has 0 bridgehead atoms. The average Bonchev–Trinajstić information content (AvgIpc) is 2.59. The van der Waals surface area contributed by atoms with E-state index >= 15 is 0 Å². The molecule has 7 heteroatoms. The Hall–Kier alpha value is -1.99. The van der Waals surface area contributed by atoms with Crippen LogP contribution < -0.4 is 15.0 Å². The number of amides is 1. The van der Waals surface area contributed by atoms with Crippen LogP contribution in [0.15, 0.2) is 18.2 Å². The zero-order valence-corrected chi connectivity index (χ0v) is 14.3. The maximum Gasteiger partial charge on any atom is 0.409 e. The molecule has 1 aliphatic heterocycles. The lowest BCUT2D eigenvalue weighted by Gasteiger charge is -2.33.